The molecule has 8 heteroatoms. The number of nitrogens with zero attached hydrogens (tertiary/aromatic N) is 4. The second-order valence-electron chi connectivity index (χ2n) is 4.54. The summed E-state index contributed by atoms with van der Waals surface area (Å²) in [5.41, 5.74) is 0. The van der Waals surface area contributed by atoms with E-state index in [1.54, 1.807) is 6.20 Å². The molecule has 2 aromatic rings. The molecular weight excluding hydrogens is 300 g/mol. The minimum absolute atomic E-state index is 0.0787. The summed E-state index contributed by atoms with van der Waals surface area (Å²) in [7, 11) is 1.57. The van der Waals surface area contributed by atoms with Crippen molar-refractivity contribution in [2.75, 3.05) is 0 Å². The van der Waals surface area contributed by atoms with E-state index >= 15 is 0 Å². The van der Waals surface area contributed by atoms with Crippen molar-refractivity contribution in [2.24, 2.45) is 0 Å². The summed E-state index contributed by atoms with van der Waals surface area (Å²) in [6.07, 6.45) is 6.74. The second kappa shape index (κ2) is 5.97. The molecule has 0 aliphatic carbocycles. The highest BCUT2D eigenvalue weighted by Crippen LogP contribution is 2.16. The van der Waals surface area contributed by atoms with Gasteiger partial charge in [-0.1, -0.05) is 6.92 Å². The van der Waals surface area contributed by atoms with Gasteiger partial charge < -0.3 is 9.13 Å². The van der Waals surface area contributed by atoms with Gasteiger partial charge in [0.2, 0.25) is 0 Å². The van der Waals surface area contributed by atoms with Gasteiger partial charge >= 0.3 is 0 Å². The lowest BCUT2D eigenvalue weighted by atomic mass is 10.3. The summed E-state index contributed by atoms with van der Waals surface area (Å²) in [5.74, 6) is 1.66. The fraction of sp³-hybridized carbons (Fsp3) is 0.500. The molecule has 0 aromatic carbocycles. The average molecular weight is 317 g/mol. The molecular formula is C12H17ClN4O2S. The van der Waals surface area contributed by atoms with Crippen molar-refractivity contribution >= 4 is 19.7 Å². The molecule has 0 N–H and O–H groups in total. The van der Waals surface area contributed by atoms with Crippen LogP contribution < -0.4 is 0 Å². The highest BCUT2D eigenvalue weighted by molar-refractivity contribution is 8.13. The third-order valence-electron chi connectivity index (χ3n) is 3.07. The summed E-state index contributed by atoms with van der Waals surface area (Å²) in [6, 6.07) is 0. The minimum atomic E-state index is -3.78. The van der Waals surface area contributed by atoms with Gasteiger partial charge in [-0.3, -0.25) is 0 Å². The maximum atomic E-state index is 11.4. The predicted molar refractivity (Wildman–Crippen MR) is 76.2 cm³/mol. The van der Waals surface area contributed by atoms with E-state index in [1.807, 2.05) is 29.2 Å². The van der Waals surface area contributed by atoms with Crippen molar-refractivity contribution in [1.29, 1.82) is 0 Å². The molecule has 0 atom stereocenters. The minimum Gasteiger partial charge on any atom is -0.333 e. The molecule has 0 aliphatic heterocycles. The molecule has 0 aliphatic rings. The normalized spacial score (nSPS) is 11.9. The summed E-state index contributed by atoms with van der Waals surface area (Å²) < 4.78 is 26.6. The number of rotatable bonds is 6. The Morgan fingerprint density at radius 3 is 2.55 bits per heavy atom. The van der Waals surface area contributed by atoms with Crippen molar-refractivity contribution < 1.29 is 8.42 Å². The zero-order valence-corrected chi connectivity index (χ0v) is 13.0. The number of imidazole rings is 2. The molecule has 2 heterocycles. The van der Waals surface area contributed by atoms with Gasteiger partial charge in [0.05, 0.1) is 0 Å². The quantitative estimate of drug-likeness (QED) is 0.764. The van der Waals surface area contributed by atoms with Crippen molar-refractivity contribution in [2.45, 2.75) is 44.8 Å². The van der Waals surface area contributed by atoms with E-state index < -0.39 is 9.05 Å². The molecule has 2 rings (SSSR count). The molecule has 0 spiro atoms. The van der Waals surface area contributed by atoms with Gasteiger partial charge in [0, 0.05) is 48.8 Å². The van der Waals surface area contributed by atoms with Crippen LogP contribution in [0.25, 0.3) is 0 Å². The zero-order valence-electron chi connectivity index (χ0n) is 11.5. The molecule has 0 bridgehead atoms. The lowest BCUT2D eigenvalue weighted by Crippen LogP contribution is -2.10. The van der Waals surface area contributed by atoms with Crippen molar-refractivity contribution in [1.82, 2.24) is 19.1 Å². The lowest BCUT2D eigenvalue weighted by Gasteiger charge is -2.08. The van der Waals surface area contributed by atoms with Gasteiger partial charge in [0.15, 0.2) is 5.03 Å². The first-order valence-electron chi connectivity index (χ1n) is 6.40. The molecule has 0 saturated heterocycles. The Hall–Kier alpha value is -1.34. The first kappa shape index (κ1) is 15.1. The Morgan fingerprint density at radius 1 is 1.30 bits per heavy atom. The lowest BCUT2D eigenvalue weighted by molar-refractivity contribution is 0.547. The smallest absolute Gasteiger partial charge is 0.280 e. The van der Waals surface area contributed by atoms with Crippen molar-refractivity contribution in [3.8, 4) is 0 Å². The van der Waals surface area contributed by atoms with E-state index in [-0.39, 0.29) is 5.03 Å². The monoisotopic (exact) mass is 316 g/mol. The maximum Gasteiger partial charge on any atom is 0.280 e. The summed E-state index contributed by atoms with van der Waals surface area (Å²) in [6.45, 7) is 5.29. The van der Waals surface area contributed by atoms with E-state index in [0.29, 0.717) is 13.1 Å². The summed E-state index contributed by atoms with van der Waals surface area (Å²) >= 11 is 0. The molecule has 0 amide bonds. The van der Waals surface area contributed by atoms with Crippen molar-refractivity contribution in [3.05, 3.63) is 30.2 Å². The largest absolute Gasteiger partial charge is 0.333 e. The fourth-order valence-electron chi connectivity index (χ4n) is 2.02. The zero-order chi connectivity index (χ0) is 14.8. The van der Waals surface area contributed by atoms with Gasteiger partial charge in [-0.25, -0.2) is 18.4 Å². The molecule has 110 valence electrons. The van der Waals surface area contributed by atoms with Gasteiger partial charge in [0.1, 0.15) is 11.6 Å². The van der Waals surface area contributed by atoms with Crippen LogP contribution in [-0.2, 0) is 28.6 Å². The number of aromatic nitrogens is 4. The number of hydrogen-bond acceptors (Lipinski definition) is 4. The van der Waals surface area contributed by atoms with Gasteiger partial charge in [-0.2, -0.15) is 0 Å². The van der Waals surface area contributed by atoms with Gasteiger partial charge in [-0.05, 0) is 13.3 Å². The molecule has 6 nitrogen and oxygen atoms in total. The number of halogens is 1. The molecule has 2 aromatic heterocycles. The Kier molecular flexibility index (Phi) is 4.49. The summed E-state index contributed by atoms with van der Waals surface area (Å²) in [5, 5.41) is -0.0787. The van der Waals surface area contributed by atoms with Crippen LogP contribution in [-0.4, -0.2) is 27.5 Å². The first-order chi connectivity index (χ1) is 9.41. The van der Waals surface area contributed by atoms with E-state index in [4.69, 9.17) is 10.7 Å². The third-order valence-corrected chi connectivity index (χ3v) is 4.24. The van der Waals surface area contributed by atoms with Crippen LogP contribution >= 0.6 is 10.7 Å². The molecule has 0 radical (unpaired) electrons. The second-order valence-corrected chi connectivity index (χ2v) is 7.06. The SMILES string of the molecule is CCCc1nc(S(=O)(=O)Cl)cn1CCn1ccnc1C. The third kappa shape index (κ3) is 3.40. The van der Waals surface area contributed by atoms with Crippen LogP contribution in [0.2, 0.25) is 0 Å². The summed E-state index contributed by atoms with van der Waals surface area (Å²) in [4.78, 5) is 8.26. The first-order valence-corrected chi connectivity index (χ1v) is 8.71. The van der Waals surface area contributed by atoms with Crippen molar-refractivity contribution in [3.63, 3.8) is 0 Å². The standard InChI is InChI=1S/C12H17ClN4O2S/c1-3-4-11-15-12(20(13,18)19)9-17(11)8-7-16-6-5-14-10(16)2/h5-6,9H,3-4,7-8H2,1-2H3. The topological polar surface area (TPSA) is 69.8 Å². The molecule has 0 saturated carbocycles. The predicted octanol–water partition coefficient (Wildman–Crippen LogP) is 1.97. The van der Waals surface area contributed by atoms with E-state index in [2.05, 4.69) is 9.97 Å². The van der Waals surface area contributed by atoms with Crippen LogP contribution in [0.3, 0.4) is 0 Å². The Balaban J connectivity index is 2.21. The Bertz CT molecular complexity index is 690. The average Bonchev–Trinajstić information content (AvgIpc) is 2.93. The highest BCUT2D eigenvalue weighted by atomic mass is 35.7. The fourth-order valence-corrected chi connectivity index (χ4v) is 2.71. The number of hydrogen-bond donors (Lipinski definition) is 0. The van der Waals surface area contributed by atoms with Crippen LogP contribution in [0, 0.1) is 6.92 Å². The Morgan fingerprint density at radius 2 is 2.00 bits per heavy atom. The Labute approximate surface area is 122 Å². The maximum absolute atomic E-state index is 11.4. The molecule has 20 heavy (non-hydrogen) atoms. The van der Waals surface area contributed by atoms with Crippen LogP contribution in [0.1, 0.15) is 25.0 Å². The molecule has 0 unspecified atom stereocenters. The van der Waals surface area contributed by atoms with E-state index in [0.717, 1.165) is 24.5 Å². The van der Waals surface area contributed by atoms with Crippen LogP contribution in [0.15, 0.2) is 23.6 Å². The van der Waals surface area contributed by atoms with Crippen LogP contribution in [0.5, 0.6) is 0 Å². The van der Waals surface area contributed by atoms with Crippen LogP contribution in [0.4, 0.5) is 0 Å². The van der Waals surface area contributed by atoms with Gasteiger partial charge in [0.25, 0.3) is 9.05 Å². The molecule has 0 fully saturated rings. The van der Waals surface area contributed by atoms with Gasteiger partial charge in [-0.15, -0.1) is 0 Å². The van der Waals surface area contributed by atoms with E-state index in [1.165, 1.54) is 6.20 Å². The van der Waals surface area contributed by atoms with E-state index in [9.17, 15) is 8.42 Å². The highest BCUT2D eigenvalue weighted by Gasteiger charge is 2.17. The number of aryl methyl sites for hydroxylation is 4.